The van der Waals surface area contributed by atoms with Gasteiger partial charge in [0, 0.05) is 19.5 Å². The average Bonchev–Trinajstić information content (AvgIpc) is 3.62. The summed E-state index contributed by atoms with van der Waals surface area (Å²) < 4.78 is 17.3. The zero-order valence-electron chi connectivity index (χ0n) is 22.2. The first-order valence-corrected chi connectivity index (χ1v) is 13.0. The minimum Gasteiger partial charge on any atom is 0 e. The Bertz CT molecular complexity index is 1370. The van der Waals surface area contributed by atoms with Crippen molar-refractivity contribution in [1.82, 2.24) is 25.0 Å². The molecule has 0 atom stereocenters. The molecular formula is C24H26N7O6Zn2. The molecule has 15 heteroatoms. The average molecular weight is 639 g/mol. The molecule has 1 amide bonds. The van der Waals surface area contributed by atoms with E-state index in [1.807, 2.05) is 0 Å². The van der Waals surface area contributed by atoms with E-state index in [9.17, 15) is 14.4 Å². The number of ether oxygens (including phenoxy) is 2. The maximum Gasteiger partial charge on any atom is 0 e. The predicted molar refractivity (Wildman–Crippen MR) is 130 cm³/mol. The summed E-state index contributed by atoms with van der Waals surface area (Å²) in [5.74, 6) is -0.369. The molecule has 13 nitrogen and oxygen atoms in total. The van der Waals surface area contributed by atoms with Crippen molar-refractivity contribution in [3.05, 3.63) is 36.3 Å². The van der Waals surface area contributed by atoms with Crippen LogP contribution in [0.3, 0.4) is 0 Å². The standard InChI is InChI=1S/C24H27N7O6.2Zn/c1-24(2,3)37-18(32)11-31-12-25-21(30-31)14-6-5-7-15(20(14)36-4)26-16-10-17(27-22(33)13-8-9-13)28-29-19(16)23(34)35;;/h5-7,10,12-13H,8-9,11H2,1-4H3,(H,34,35)(H2,26,27,28,33);;/q;;+1/p-1. The molecule has 2 heterocycles. The van der Waals surface area contributed by atoms with Gasteiger partial charge in [-0.1, -0.05) is 0 Å². The molecule has 1 aliphatic rings. The number of carbonyl (C=O) groups excluding carboxylic acids is 3. The molecule has 0 radical (unpaired) electrons. The second-order valence-corrected chi connectivity index (χ2v) is 10.2. The van der Waals surface area contributed by atoms with Gasteiger partial charge in [0.2, 0.25) is 0 Å². The van der Waals surface area contributed by atoms with Crippen LogP contribution in [-0.4, -0.2) is 55.5 Å². The van der Waals surface area contributed by atoms with Crippen LogP contribution in [0.2, 0.25) is 0 Å². The van der Waals surface area contributed by atoms with E-state index in [1.165, 1.54) is 24.2 Å². The number of benzene rings is 1. The third kappa shape index (κ3) is 7.86. The van der Waals surface area contributed by atoms with Crippen LogP contribution in [0.15, 0.2) is 30.6 Å². The van der Waals surface area contributed by atoms with Gasteiger partial charge in [-0.25, -0.2) is 0 Å². The second-order valence-electron chi connectivity index (χ2n) is 9.55. The van der Waals surface area contributed by atoms with E-state index in [0.717, 1.165) is 12.8 Å². The maximum atomic E-state index is 12.4. The largest absolute Gasteiger partial charge is 0 e. The van der Waals surface area contributed by atoms with Crippen molar-refractivity contribution in [3.63, 3.8) is 0 Å². The number of amides is 1. The van der Waals surface area contributed by atoms with E-state index < -0.39 is 17.5 Å². The summed E-state index contributed by atoms with van der Waals surface area (Å²) in [5.41, 5.74) is 0.617. The normalized spacial score (nSPS) is 12.7. The number of esters is 1. The Labute approximate surface area is 247 Å². The van der Waals surface area contributed by atoms with Gasteiger partial charge in [-0.2, -0.15) is 0 Å². The fourth-order valence-corrected chi connectivity index (χ4v) is 3.80. The summed E-state index contributed by atoms with van der Waals surface area (Å²) in [6.45, 7) is 5.26. The van der Waals surface area contributed by atoms with Gasteiger partial charge in [0.1, 0.15) is 5.60 Å². The number of anilines is 3. The number of hydrogen-bond acceptors (Lipinski definition) is 11. The van der Waals surface area contributed by atoms with Gasteiger partial charge in [-0.15, -0.1) is 0 Å². The third-order valence-electron chi connectivity index (χ3n) is 5.29. The van der Waals surface area contributed by atoms with Crippen molar-refractivity contribution in [2.75, 3.05) is 17.7 Å². The van der Waals surface area contributed by atoms with E-state index in [0.29, 0.717) is 22.8 Å². The van der Waals surface area contributed by atoms with Crippen molar-refractivity contribution in [1.29, 1.82) is 0 Å². The molecule has 39 heavy (non-hydrogen) atoms. The first-order chi connectivity index (χ1) is 18.1. The molecular weight excluding hydrogens is 613 g/mol. The van der Waals surface area contributed by atoms with Crippen LogP contribution in [-0.2, 0) is 62.6 Å². The first-order valence-electron chi connectivity index (χ1n) is 11.8. The smallest absolute Gasteiger partial charge is 0 e. The molecule has 0 unspecified atom stereocenters. The summed E-state index contributed by atoms with van der Waals surface area (Å²) >= 11 is 0.274. The van der Waals surface area contributed by atoms with Crippen LogP contribution < -0.4 is 15.4 Å². The van der Waals surface area contributed by atoms with E-state index in [2.05, 4.69) is 30.9 Å². The number of methoxy groups -OCH3 is 1. The SMILES string of the molecule is COc1c(Nc2cc(NC(=O)C3CC3)nnc2C(=O)[O][Zn])cccc1-c1ncn(CC(=O)OC(C)(C)C)n1.[Zn]. The quantitative estimate of drug-likeness (QED) is 0.262. The van der Waals surface area contributed by atoms with Crippen LogP contribution in [0.4, 0.5) is 17.2 Å². The minimum atomic E-state index is -0.655. The molecule has 1 saturated carbocycles. The fourth-order valence-electron chi connectivity index (χ4n) is 3.52. The van der Waals surface area contributed by atoms with Crippen molar-refractivity contribution < 1.29 is 65.6 Å². The van der Waals surface area contributed by atoms with Crippen LogP contribution in [0, 0.1) is 5.92 Å². The number of rotatable bonds is 9. The fraction of sp³-hybridized carbons (Fsp3) is 0.375. The Morgan fingerprint density at radius 3 is 2.54 bits per heavy atom. The summed E-state index contributed by atoms with van der Waals surface area (Å²) in [5, 5.41) is 18.2. The molecule has 0 saturated heterocycles. The monoisotopic (exact) mass is 636 g/mol. The summed E-state index contributed by atoms with van der Waals surface area (Å²) in [4.78, 5) is 41.1. The van der Waals surface area contributed by atoms with Crippen molar-refractivity contribution in [3.8, 4) is 17.1 Å². The minimum absolute atomic E-state index is 0. The summed E-state index contributed by atoms with van der Waals surface area (Å²) in [6.07, 6.45) is 3.10. The second kappa shape index (κ2) is 12.7. The van der Waals surface area contributed by atoms with Crippen molar-refractivity contribution >= 4 is 35.0 Å². The van der Waals surface area contributed by atoms with Gasteiger partial charge in [0.15, 0.2) is 0 Å². The van der Waals surface area contributed by atoms with E-state index in [-0.39, 0.29) is 73.7 Å². The van der Waals surface area contributed by atoms with Crippen LogP contribution in [0.5, 0.6) is 5.75 Å². The Hall–Kier alpha value is -3.30. The zero-order chi connectivity index (χ0) is 27.4. The summed E-state index contributed by atoms with van der Waals surface area (Å²) in [6, 6.07) is 6.76. The maximum absolute atomic E-state index is 12.4. The Morgan fingerprint density at radius 2 is 1.90 bits per heavy atom. The van der Waals surface area contributed by atoms with E-state index in [1.54, 1.807) is 39.0 Å². The molecule has 3 aromatic rings. The Kier molecular flexibility index (Phi) is 9.85. The van der Waals surface area contributed by atoms with Gasteiger partial charge in [0.25, 0.3) is 0 Å². The molecule has 197 valence electrons. The van der Waals surface area contributed by atoms with Gasteiger partial charge in [-0.05, 0) is 20.8 Å². The molecule has 2 N–H and O–H groups in total. The van der Waals surface area contributed by atoms with Crippen molar-refractivity contribution in [2.24, 2.45) is 5.92 Å². The molecule has 0 aliphatic heterocycles. The number of hydrogen-bond donors (Lipinski definition) is 2. The number of carbonyl (C=O) groups is 3. The molecule has 2 aromatic heterocycles. The van der Waals surface area contributed by atoms with Crippen molar-refractivity contribution in [2.45, 2.75) is 45.8 Å². The van der Waals surface area contributed by atoms with Gasteiger partial charge >= 0.3 is 193 Å². The molecule has 0 spiro atoms. The zero-order valence-corrected chi connectivity index (χ0v) is 28.1. The van der Waals surface area contributed by atoms with E-state index >= 15 is 0 Å². The first kappa shape index (κ1) is 30.2. The number of aromatic nitrogens is 5. The number of para-hydroxylation sites is 1. The number of nitrogens with one attached hydrogen (secondary N) is 2. The third-order valence-corrected chi connectivity index (χ3v) is 5.84. The van der Waals surface area contributed by atoms with Gasteiger partial charge in [-0.3, -0.25) is 4.79 Å². The molecule has 1 aliphatic carbocycles. The molecule has 0 bridgehead atoms. The number of nitrogens with zero attached hydrogens (tertiary/aromatic N) is 5. The van der Waals surface area contributed by atoms with Crippen LogP contribution in [0.25, 0.3) is 11.4 Å². The predicted octanol–water partition coefficient (Wildman–Crippen LogP) is 2.79. The summed E-state index contributed by atoms with van der Waals surface area (Å²) in [7, 11) is 1.49. The molecule has 1 fully saturated rings. The Morgan fingerprint density at radius 1 is 1.15 bits per heavy atom. The van der Waals surface area contributed by atoms with Gasteiger partial charge in [0.05, 0.1) is 0 Å². The molecule has 4 rings (SSSR count). The van der Waals surface area contributed by atoms with Gasteiger partial charge < -0.3 is 4.74 Å². The van der Waals surface area contributed by atoms with Crippen LogP contribution >= 0.6 is 0 Å². The topological polar surface area (TPSA) is 159 Å². The molecule has 1 aromatic carbocycles. The van der Waals surface area contributed by atoms with Crippen LogP contribution in [0.1, 0.15) is 44.1 Å². The Balaban J connectivity index is 0.00000420. The van der Waals surface area contributed by atoms with E-state index in [4.69, 9.17) is 13.0 Å².